The molecular formula is C16H19N3O4. The number of rotatable bonds is 4. The SMILES string of the molecule is Cc1cccc(C)c1NC(=O)[C@H](C)OC(=O)C1=NNC(=O)CC1. The van der Waals surface area contributed by atoms with Crippen molar-refractivity contribution in [1.29, 1.82) is 0 Å². The molecule has 0 aliphatic carbocycles. The zero-order chi connectivity index (χ0) is 17.0. The largest absolute Gasteiger partial charge is 0.448 e. The lowest BCUT2D eigenvalue weighted by atomic mass is 10.1. The van der Waals surface area contributed by atoms with Crippen molar-refractivity contribution in [1.82, 2.24) is 5.43 Å². The molecule has 0 aromatic heterocycles. The molecule has 0 spiro atoms. The van der Waals surface area contributed by atoms with Crippen molar-refractivity contribution in [3.8, 4) is 0 Å². The Morgan fingerprint density at radius 2 is 1.91 bits per heavy atom. The lowest BCUT2D eigenvalue weighted by Gasteiger charge is -2.17. The molecule has 2 rings (SSSR count). The van der Waals surface area contributed by atoms with Crippen LogP contribution in [0.3, 0.4) is 0 Å². The van der Waals surface area contributed by atoms with Crippen molar-refractivity contribution in [3.05, 3.63) is 29.3 Å². The van der Waals surface area contributed by atoms with E-state index >= 15 is 0 Å². The number of hydrazone groups is 1. The molecule has 0 unspecified atom stereocenters. The second-order valence-electron chi connectivity index (χ2n) is 5.40. The fourth-order valence-corrected chi connectivity index (χ4v) is 2.14. The fourth-order valence-electron chi connectivity index (χ4n) is 2.14. The number of carbonyl (C=O) groups excluding carboxylic acids is 3. The second-order valence-corrected chi connectivity index (χ2v) is 5.40. The van der Waals surface area contributed by atoms with Crippen molar-refractivity contribution >= 4 is 29.2 Å². The number of amides is 2. The zero-order valence-electron chi connectivity index (χ0n) is 13.3. The van der Waals surface area contributed by atoms with Gasteiger partial charge in [-0.1, -0.05) is 18.2 Å². The predicted molar refractivity (Wildman–Crippen MR) is 84.9 cm³/mol. The van der Waals surface area contributed by atoms with E-state index < -0.39 is 18.0 Å². The normalized spacial score (nSPS) is 15.3. The molecule has 23 heavy (non-hydrogen) atoms. The van der Waals surface area contributed by atoms with Gasteiger partial charge in [-0.05, 0) is 31.9 Å². The summed E-state index contributed by atoms with van der Waals surface area (Å²) in [6.45, 7) is 5.26. The van der Waals surface area contributed by atoms with Crippen molar-refractivity contribution in [2.75, 3.05) is 5.32 Å². The highest BCUT2D eigenvalue weighted by atomic mass is 16.5. The van der Waals surface area contributed by atoms with Crippen LogP contribution in [-0.2, 0) is 19.1 Å². The van der Waals surface area contributed by atoms with Gasteiger partial charge < -0.3 is 10.1 Å². The van der Waals surface area contributed by atoms with Crippen LogP contribution in [0.5, 0.6) is 0 Å². The van der Waals surface area contributed by atoms with Gasteiger partial charge in [0, 0.05) is 18.5 Å². The molecule has 0 bridgehead atoms. The van der Waals surface area contributed by atoms with Crippen molar-refractivity contribution in [3.63, 3.8) is 0 Å². The predicted octanol–water partition coefficient (Wildman–Crippen LogP) is 1.44. The van der Waals surface area contributed by atoms with E-state index in [1.54, 1.807) is 0 Å². The number of nitrogens with one attached hydrogen (secondary N) is 2. The van der Waals surface area contributed by atoms with E-state index in [9.17, 15) is 14.4 Å². The third-order valence-corrected chi connectivity index (χ3v) is 3.52. The maximum absolute atomic E-state index is 12.2. The summed E-state index contributed by atoms with van der Waals surface area (Å²) in [5.74, 6) is -1.37. The number of hydrogen-bond donors (Lipinski definition) is 2. The van der Waals surface area contributed by atoms with E-state index in [0.717, 1.165) is 11.1 Å². The van der Waals surface area contributed by atoms with Gasteiger partial charge in [-0.25, -0.2) is 10.2 Å². The molecule has 7 nitrogen and oxygen atoms in total. The molecule has 0 saturated heterocycles. The maximum atomic E-state index is 12.2. The highest BCUT2D eigenvalue weighted by molar-refractivity contribution is 6.37. The summed E-state index contributed by atoms with van der Waals surface area (Å²) in [5.41, 5.74) is 4.89. The van der Waals surface area contributed by atoms with Gasteiger partial charge >= 0.3 is 5.97 Å². The summed E-state index contributed by atoms with van der Waals surface area (Å²) < 4.78 is 5.11. The molecule has 0 saturated carbocycles. The van der Waals surface area contributed by atoms with Gasteiger partial charge in [0.15, 0.2) is 6.10 Å². The summed E-state index contributed by atoms with van der Waals surface area (Å²) in [5, 5.41) is 6.41. The van der Waals surface area contributed by atoms with Crippen LogP contribution in [-0.4, -0.2) is 29.6 Å². The molecule has 1 heterocycles. The summed E-state index contributed by atoms with van der Waals surface area (Å²) in [6, 6.07) is 5.68. The Bertz CT molecular complexity index is 662. The first kappa shape index (κ1) is 16.7. The molecule has 1 atom stereocenters. The number of carbonyl (C=O) groups is 3. The van der Waals surface area contributed by atoms with Crippen molar-refractivity contribution in [2.45, 2.75) is 39.7 Å². The Morgan fingerprint density at radius 3 is 2.48 bits per heavy atom. The number of para-hydroxylation sites is 1. The third-order valence-electron chi connectivity index (χ3n) is 3.52. The highest BCUT2D eigenvalue weighted by Crippen LogP contribution is 2.19. The maximum Gasteiger partial charge on any atom is 0.355 e. The van der Waals surface area contributed by atoms with Crippen LogP contribution >= 0.6 is 0 Å². The first-order chi connectivity index (χ1) is 10.9. The minimum atomic E-state index is -0.971. The summed E-state index contributed by atoms with van der Waals surface area (Å²) in [7, 11) is 0. The van der Waals surface area contributed by atoms with Crippen LogP contribution in [0.4, 0.5) is 5.69 Å². The van der Waals surface area contributed by atoms with Gasteiger partial charge in [-0.15, -0.1) is 0 Å². The zero-order valence-corrected chi connectivity index (χ0v) is 13.3. The molecule has 1 aliphatic heterocycles. The lowest BCUT2D eigenvalue weighted by molar-refractivity contribution is -0.146. The van der Waals surface area contributed by atoms with Crippen molar-refractivity contribution < 1.29 is 19.1 Å². The number of nitrogens with zero attached hydrogens (tertiary/aromatic N) is 1. The summed E-state index contributed by atoms with van der Waals surface area (Å²) >= 11 is 0. The number of aryl methyl sites for hydroxylation is 2. The Hall–Kier alpha value is -2.70. The topological polar surface area (TPSA) is 96.9 Å². The Morgan fingerprint density at radius 1 is 1.26 bits per heavy atom. The minimum Gasteiger partial charge on any atom is -0.448 e. The molecule has 0 fully saturated rings. The quantitative estimate of drug-likeness (QED) is 0.821. The van der Waals surface area contributed by atoms with E-state index in [2.05, 4.69) is 15.8 Å². The average Bonchev–Trinajstić information content (AvgIpc) is 2.51. The molecule has 7 heteroatoms. The van der Waals surface area contributed by atoms with Gasteiger partial charge in [0.2, 0.25) is 5.91 Å². The van der Waals surface area contributed by atoms with E-state index in [1.165, 1.54) is 6.92 Å². The van der Waals surface area contributed by atoms with Crippen LogP contribution in [0, 0.1) is 13.8 Å². The van der Waals surface area contributed by atoms with Crippen LogP contribution in [0.25, 0.3) is 0 Å². The van der Waals surface area contributed by atoms with E-state index in [-0.39, 0.29) is 24.5 Å². The Kier molecular flexibility index (Phi) is 5.10. The fraction of sp³-hybridized carbons (Fsp3) is 0.375. The Balaban J connectivity index is 1.97. The molecule has 1 aliphatic rings. The smallest absolute Gasteiger partial charge is 0.355 e. The van der Waals surface area contributed by atoms with Gasteiger partial charge in [0.1, 0.15) is 5.71 Å². The summed E-state index contributed by atoms with van der Waals surface area (Å²) in [4.78, 5) is 35.1. The van der Waals surface area contributed by atoms with E-state index in [1.807, 2.05) is 32.0 Å². The molecular weight excluding hydrogens is 298 g/mol. The highest BCUT2D eigenvalue weighted by Gasteiger charge is 2.24. The first-order valence-corrected chi connectivity index (χ1v) is 7.32. The third kappa shape index (κ3) is 4.15. The first-order valence-electron chi connectivity index (χ1n) is 7.32. The van der Waals surface area contributed by atoms with Gasteiger partial charge in [0.05, 0.1) is 0 Å². The van der Waals surface area contributed by atoms with Crippen LogP contribution < -0.4 is 10.7 Å². The van der Waals surface area contributed by atoms with Gasteiger partial charge in [-0.3, -0.25) is 9.59 Å². The number of ether oxygens (including phenoxy) is 1. The van der Waals surface area contributed by atoms with Crippen LogP contribution in [0.1, 0.15) is 30.9 Å². The molecule has 1 aromatic carbocycles. The molecule has 122 valence electrons. The van der Waals surface area contributed by atoms with E-state index in [4.69, 9.17) is 4.74 Å². The number of esters is 1. The average molecular weight is 317 g/mol. The molecule has 2 N–H and O–H groups in total. The van der Waals surface area contributed by atoms with Gasteiger partial charge in [0.25, 0.3) is 5.91 Å². The standard InChI is InChI=1S/C16H19N3O4/c1-9-5-4-6-10(2)14(9)17-15(21)11(3)23-16(22)12-7-8-13(20)19-18-12/h4-6,11H,7-8H2,1-3H3,(H,17,21)(H,19,20)/t11-/m0/s1. The minimum absolute atomic E-state index is 0.108. The monoisotopic (exact) mass is 317 g/mol. The van der Waals surface area contributed by atoms with Crippen molar-refractivity contribution in [2.24, 2.45) is 5.10 Å². The second kappa shape index (κ2) is 7.04. The number of hydrogen-bond acceptors (Lipinski definition) is 5. The molecule has 0 radical (unpaired) electrons. The molecule has 2 amide bonds. The summed E-state index contributed by atoms with van der Waals surface area (Å²) in [6.07, 6.45) is -0.589. The number of benzene rings is 1. The van der Waals surface area contributed by atoms with Crippen LogP contribution in [0.2, 0.25) is 0 Å². The van der Waals surface area contributed by atoms with Crippen LogP contribution in [0.15, 0.2) is 23.3 Å². The molecule has 1 aromatic rings. The number of anilines is 1. The van der Waals surface area contributed by atoms with Gasteiger partial charge in [-0.2, -0.15) is 5.10 Å². The Labute approximate surface area is 134 Å². The lowest BCUT2D eigenvalue weighted by Crippen LogP contribution is -2.36. The van der Waals surface area contributed by atoms with E-state index in [0.29, 0.717) is 5.69 Å².